The van der Waals surface area contributed by atoms with Crippen LogP contribution in [0.2, 0.25) is 0 Å². The Morgan fingerprint density at radius 3 is 1.55 bits per heavy atom. The molecular formula is C49H82O12S. The van der Waals surface area contributed by atoms with Gasteiger partial charge in [0.05, 0.1) is 6.61 Å². The Balaban J connectivity index is 2.49. The molecule has 62 heavy (non-hydrogen) atoms. The highest BCUT2D eigenvalue weighted by molar-refractivity contribution is 7.85. The molecule has 0 bridgehead atoms. The van der Waals surface area contributed by atoms with E-state index in [2.05, 4.69) is 74.6 Å². The van der Waals surface area contributed by atoms with Crippen molar-refractivity contribution in [2.24, 2.45) is 0 Å². The summed E-state index contributed by atoms with van der Waals surface area (Å²) in [5.41, 5.74) is 0. The quantitative estimate of drug-likeness (QED) is 0.0199. The van der Waals surface area contributed by atoms with Crippen molar-refractivity contribution in [3.63, 3.8) is 0 Å². The molecule has 0 aromatic rings. The Labute approximate surface area is 374 Å². The maximum Gasteiger partial charge on any atom is 0.306 e. The van der Waals surface area contributed by atoms with Gasteiger partial charge in [0.15, 0.2) is 12.4 Å². The normalized spacial score (nSPS) is 20.5. The van der Waals surface area contributed by atoms with Crippen LogP contribution in [0.1, 0.15) is 168 Å². The van der Waals surface area contributed by atoms with Gasteiger partial charge in [-0.15, -0.1) is 0 Å². The molecule has 1 fully saturated rings. The molecule has 1 saturated heterocycles. The van der Waals surface area contributed by atoms with E-state index in [1.807, 2.05) is 12.2 Å². The van der Waals surface area contributed by atoms with E-state index < -0.39 is 71.2 Å². The van der Waals surface area contributed by atoms with Gasteiger partial charge in [-0.1, -0.05) is 151 Å². The van der Waals surface area contributed by atoms with Gasteiger partial charge in [-0.3, -0.25) is 14.1 Å². The largest absolute Gasteiger partial charge is 0.462 e. The third-order valence-corrected chi connectivity index (χ3v) is 11.0. The molecule has 12 nitrogen and oxygen atoms in total. The van der Waals surface area contributed by atoms with E-state index in [1.54, 1.807) is 0 Å². The van der Waals surface area contributed by atoms with Gasteiger partial charge < -0.3 is 34.3 Å². The lowest BCUT2D eigenvalue weighted by Gasteiger charge is -2.40. The second-order valence-corrected chi connectivity index (χ2v) is 17.6. The average Bonchev–Trinajstić information content (AvgIpc) is 3.24. The van der Waals surface area contributed by atoms with Gasteiger partial charge >= 0.3 is 11.9 Å². The summed E-state index contributed by atoms with van der Waals surface area (Å²) in [5, 5.41) is 30.9. The van der Waals surface area contributed by atoms with Crippen molar-refractivity contribution in [3.05, 3.63) is 72.9 Å². The predicted octanol–water partition coefficient (Wildman–Crippen LogP) is 9.89. The van der Waals surface area contributed by atoms with Gasteiger partial charge in [0.25, 0.3) is 10.1 Å². The molecule has 2 unspecified atom stereocenters. The van der Waals surface area contributed by atoms with Crippen molar-refractivity contribution in [2.45, 2.75) is 205 Å². The standard InChI is InChI=1S/C49H82O12S/c1-3-5-7-9-11-13-15-17-19-20-21-22-24-25-27-29-31-33-35-37-44(50)58-39-42(40-59-49-48(54)47(53)46(52)43(61-49)41-62(55,56)57)60-45(51)38-36-34-32-30-28-26-23-18-16-14-12-10-8-6-4-2/h11,13-14,16-17,19,21-22,25,27,31,33,42-43,46-49,52-54H,3-10,12,15,18,20,23-24,26,28-30,32,34-41H2,1-2H3,(H,55,56,57)/b13-11+,16-14+,19-17+,22-21+,27-25+,33-31+/t42-,43-,46-,47?,48?,49+/m1/s1. The summed E-state index contributed by atoms with van der Waals surface area (Å²) in [5.74, 6) is -2.10. The average molecular weight is 895 g/mol. The summed E-state index contributed by atoms with van der Waals surface area (Å²) in [6.45, 7) is 3.64. The molecule has 4 N–H and O–H groups in total. The molecule has 1 rings (SSSR count). The topological polar surface area (TPSA) is 186 Å². The first-order chi connectivity index (χ1) is 30.0. The number of unbranched alkanes of at least 4 members (excludes halogenated alkanes) is 14. The smallest absolute Gasteiger partial charge is 0.306 e. The highest BCUT2D eigenvalue weighted by Crippen LogP contribution is 2.24. The number of esters is 2. The van der Waals surface area contributed by atoms with Crippen LogP contribution in [0.25, 0.3) is 0 Å². The van der Waals surface area contributed by atoms with Gasteiger partial charge in [-0.05, 0) is 77.0 Å². The number of allylic oxidation sites excluding steroid dienone is 12. The third-order valence-electron chi connectivity index (χ3n) is 10.3. The van der Waals surface area contributed by atoms with Crippen molar-refractivity contribution in [3.8, 4) is 0 Å². The molecular weight excluding hydrogens is 813 g/mol. The second kappa shape index (κ2) is 38.5. The van der Waals surface area contributed by atoms with Crippen LogP contribution >= 0.6 is 0 Å². The molecule has 0 radical (unpaired) electrons. The Kier molecular flexibility index (Phi) is 35.5. The van der Waals surface area contributed by atoms with E-state index in [9.17, 15) is 37.9 Å². The summed E-state index contributed by atoms with van der Waals surface area (Å²) in [7, 11) is -4.61. The maximum absolute atomic E-state index is 12.8. The molecule has 6 atom stereocenters. The minimum Gasteiger partial charge on any atom is -0.462 e. The maximum atomic E-state index is 12.8. The number of ether oxygens (including phenoxy) is 4. The SMILES string of the molecule is CCCCC/C=C/C/C=C/C/C=C/C/C=C/C/C=C/CCC(=O)OC[C@H](CO[C@H]1O[C@H](CS(=O)(=O)O)[C@@H](O)C(O)C1O)OC(=O)CCCCCCCCC/C=C/CCCCCC. The van der Waals surface area contributed by atoms with Crippen LogP contribution in [0.3, 0.4) is 0 Å². The minimum absolute atomic E-state index is 0.0916. The number of carbonyl (C=O) groups excluding carboxylic acids is 2. The van der Waals surface area contributed by atoms with Crippen LogP contribution in [0.4, 0.5) is 0 Å². The third kappa shape index (κ3) is 32.7. The van der Waals surface area contributed by atoms with Crippen molar-refractivity contribution in [2.75, 3.05) is 19.0 Å². The fourth-order valence-corrected chi connectivity index (χ4v) is 7.28. The van der Waals surface area contributed by atoms with Crippen molar-refractivity contribution < 1.29 is 56.8 Å². The van der Waals surface area contributed by atoms with Crippen LogP contribution in [-0.4, -0.2) is 96.0 Å². The first-order valence-corrected chi connectivity index (χ1v) is 25.1. The lowest BCUT2D eigenvalue weighted by molar-refractivity contribution is -0.297. The molecule has 1 aliphatic heterocycles. The van der Waals surface area contributed by atoms with E-state index in [0.717, 1.165) is 64.2 Å². The van der Waals surface area contributed by atoms with E-state index in [4.69, 9.17) is 18.9 Å². The zero-order valence-corrected chi connectivity index (χ0v) is 38.8. The molecule has 356 valence electrons. The monoisotopic (exact) mass is 895 g/mol. The Bertz CT molecular complexity index is 1420. The molecule has 0 saturated carbocycles. The summed E-state index contributed by atoms with van der Waals surface area (Å²) >= 11 is 0. The number of rotatable bonds is 38. The van der Waals surface area contributed by atoms with Crippen LogP contribution < -0.4 is 0 Å². The zero-order valence-electron chi connectivity index (χ0n) is 37.9. The molecule has 13 heteroatoms. The van der Waals surface area contributed by atoms with E-state index in [0.29, 0.717) is 12.8 Å². The fraction of sp³-hybridized carbons (Fsp3) is 0.714. The fourth-order valence-electron chi connectivity index (χ4n) is 6.59. The molecule has 0 amide bonds. The van der Waals surface area contributed by atoms with Gasteiger partial charge in [0.1, 0.15) is 36.8 Å². The Hall–Kier alpha value is -2.91. The van der Waals surface area contributed by atoms with Crippen molar-refractivity contribution >= 4 is 22.1 Å². The van der Waals surface area contributed by atoms with Crippen LogP contribution in [0.15, 0.2) is 72.9 Å². The molecule has 0 aromatic carbocycles. The minimum atomic E-state index is -4.61. The number of aliphatic hydroxyl groups excluding tert-OH is 3. The second-order valence-electron chi connectivity index (χ2n) is 16.1. The first-order valence-electron chi connectivity index (χ1n) is 23.5. The summed E-state index contributed by atoms with van der Waals surface area (Å²) < 4.78 is 54.0. The van der Waals surface area contributed by atoms with Crippen LogP contribution in [0.5, 0.6) is 0 Å². The van der Waals surface area contributed by atoms with Gasteiger partial charge in [-0.25, -0.2) is 0 Å². The Morgan fingerprint density at radius 2 is 1.00 bits per heavy atom. The zero-order chi connectivity index (χ0) is 45.5. The van der Waals surface area contributed by atoms with Gasteiger partial charge in [0.2, 0.25) is 0 Å². The number of hydrogen-bond acceptors (Lipinski definition) is 11. The van der Waals surface area contributed by atoms with Gasteiger partial charge in [-0.2, -0.15) is 8.42 Å². The van der Waals surface area contributed by atoms with E-state index >= 15 is 0 Å². The molecule has 0 aliphatic carbocycles. The summed E-state index contributed by atoms with van der Waals surface area (Å²) in [4.78, 5) is 25.4. The highest BCUT2D eigenvalue weighted by Gasteiger charge is 2.46. The first kappa shape index (κ1) is 57.1. The highest BCUT2D eigenvalue weighted by atomic mass is 32.2. The van der Waals surface area contributed by atoms with Crippen molar-refractivity contribution in [1.29, 1.82) is 0 Å². The number of hydrogen-bond donors (Lipinski definition) is 4. The molecule has 1 aliphatic rings. The molecule has 1 heterocycles. The summed E-state index contributed by atoms with van der Waals surface area (Å²) in [6.07, 6.45) is 39.5. The lowest BCUT2D eigenvalue weighted by Crippen LogP contribution is -2.60. The number of carbonyl (C=O) groups is 2. The predicted molar refractivity (Wildman–Crippen MR) is 247 cm³/mol. The van der Waals surface area contributed by atoms with Crippen LogP contribution in [0, 0.1) is 0 Å². The molecule has 0 spiro atoms. The molecule has 0 aromatic heterocycles. The van der Waals surface area contributed by atoms with Crippen LogP contribution in [-0.2, 0) is 38.7 Å². The summed E-state index contributed by atoms with van der Waals surface area (Å²) in [6, 6.07) is 0. The Morgan fingerprint density at radius 1 is 0.548 bits per heavy atom. The van der Waals surface area contributed by atoms with Gasteiger partial charge in [0, 0.05) is 12.8 Å². The van der Waals surface area contributed by atoms with Crippen molar-refractivity contribution in [1.82, 2.24) is 0 Å². The lowest BCUT2D eigenvalue weighted by atomic mass is 10.00. The number of aliphatic hydroxyl groups is 3. The van der Waals surface area contributed by atoms with E-state index in [1.165, 1.54) is 64.2 Å². The van der Waals surface area contributed by atoms with E-state index in [-0.39, 0.29) is 19.4 Å².